The molecule has 0 aliphatic heterocycles. The number of amides is 2. The second-order valence-corrected chi connectivity index (χ2v) is 6.70. The van der Waals surface area contributed by atoms with Gasteiger partial charge in [-0.15, -0.1) is 11.3 Å². The van der Waals surface area contributed by atoms with Crippen molar-refractivity contribution in [2.24, 2.45) is 0 Å². The summed E-state index contributed by atoms with van der Waals surface area (Å²) in [6, 6.07) is 19.2. The second kappa shape index (κ2) is 7.94. The summed E-state index contributed by atoms with van der Waals surface area (Å²) >= 11 is 1.58. The van der Waals surface area contributed by atoms with E-state index in [-0.39, 0.29) is 17.9 Å². The molecular weight excluding hydrogens is 335 g/mol. The molecule has 0 saturated heterocycles. The zero-order chi connectivity index (χ0) is 17.6. The maximum atomic E-state index is 13.9. The summed E-state index contributed by atoms with van der Waals surface area (Å²) in [5, 5.41) is 7.79. The number of thiophene rings is 1. The summed E-state index contributed by atoms with van der Waals surface area (Å²) in [4.78, 5) is 13.5. The standard InChI is InChI=1S/C20H19FN2OS/c1-14(16-10-5-6-11-17(16)21)22-20(24)23-19(18-12-7-13-25-18)15-8-3-2-4-9-15/h2-14,19H,1H3,(H2,22,23,24)/t14-,19+/m1/s1. The molecule has 0 bridgehead atoms. The van der Waals surface area contributed by atoms with Gasteiger partial charge in [-0.3, -0.25) is 0 Å². The number of halogens is 1. The number of nitrogens with one attached hydrogen (secondary N) is 2. The lowest BCUT2D eigenvalue weighted by molar-refractivity contribution is 0.235. The van der Waals surface area contributed by atoms with Crippen molar-refractivity contribution in [1.29, 1.82) is 0 Å². The summed E-state index contributed by atoms with van der Waals surface area (Å²) < 4.78 is 13.9. The van der Waals surface area contributed by atoms with Gasteiger partial charge in [0.15, 0.2) is 0 Å². The monoisotopic (exact) mass is 354 g/mol. The number of carbonyl (C=O) groups is 1. The van der Waals surface area contributed by atoms with Gasteiger partial charge in [0.2, 0.25) is 0 Å². The summed E-state index contributed by atoms with van der Waals surface area (Å²) in [6.45, 7) is 1.76. The van der Waals surface area contributed by atoms with E-state index < -0.39 is 6.04 Å². The van der Waals surface area contributed by atoms with Gasteiger partial charge in [0.25, 0.3) is 0 Å². The minimum absolute atomic E-state index is 0.242. The molecule has 0 aliphatic rings. The lowest BCUT2D eigenvalue weighted by Crippen LogP contribution is -2.39. The predicted molar refractivity (Wildman–Crippen MR) is 99.1 cm³/mol. The zero-order valence-electron chi connectivity index (χ0n) is 13.8. The summed E-state index contributed by atoms with van der Waals surface area (Å²) in [7, 11) is 0. The first-order valence-electron chi connectivity index (χ1n) is 8.05. The van der Waals surface area contributed by atoms with Crippen LogP contribution in [0.15, 0.2) is 72.1 Å². The van der Waals surface area contributed by atoms with E-state index >= 15 is 0 Å². The van der Waals surface area contributed by atoms with Crippen LogP contribution in [0.25, 0.3) is 0 Å². The third-order valence-electron chi connectivity index (χ3n) is 3.96. The van der Waals surface area contributed by atoms with Crippen molar-refractivity contribution in [2.75, 3.05) is 0 Å². The number of urea groups is 1. The average molecular weight is 354 g/mol. The molecule has 0 radical (unpaired) electrons. The second-order valence-electron chi connectivity index (χ2n) is 5.72. The Balaban J connectivity index is 1.74. The molecule has 3 nitrogen and oxygen atoms in total. The molecule has 0 saturated carbocycles. The summed E-state index contributed by atoms with van der Waals surface area (Å²) in [5.74, 6) is -0.326. The first kappa shape index (κ1) is 17.2. The molecule has 0 spiro atoms. The van der Waals surface area contributed by atoms with Crippen molar-refractivity contribution in [3.8, 4) is 0 Å². The highest BCUT2D eigenvalue weighted by Gasteiger charge is 2.19. The van der Waals surface area contributed by atoms with Gasteiger partial charge in [0.05, 0.1) is 12.1 Å². The molecule has 1 heterocycles. The lowest BCUT2D eigenvalue weighted by atomic mass is 10.1. The molecule has 0 fully saturated rings. The Morgan fingerprint density at radius 3 is 2.36 bits per heavy atom. The van der Waals surface area contributed by atoms with Crippen molar-refractivity contribution in [1.82, 2.24) is 10.6 Å². The smallest absolute Gasteiger partial charge is 0.316 e. The Morgan fingerprint density at radius 2 is 1.68 bits per heavy atom. The number of rotatable bonds is 5. The van der Waals surface area contributed by atoms with E-state index in [2.05, 4.69) is 10.6 Å². The van der Waals surface area contributed by atoms with Crippen LogP contribution in [0.2, 0.25) is 0 Å². The topological polar surface area (TPSA) is 41.1 Å². The number of hydrogen-bond donors (Lipinski definition) is 2. The molecule has 25 heavy (non-hydrogen) atoms. The molecule has 2 aromatic carbocycles. The van der Waals surface area contributed by atoms with Crippen LogP contribution in [0.1, 0.15) is 35.0 Å². The van der Waals surface area contributed by atoms with E-state index in [9.17, 15) is 9.18 Å². The molecule has 2 atom stereocenters. The fourth-order valence-electron chi connectivity index (χ4n) is 2.69. The normalized spacial score (nSPS) is 13.0. The Kier molecular flexibility index (Phi) is 5.46. The fraction of sp³-hybridized carbons (Fsp3) is 0.150. The average Bonchev–Trinajstić information content (AvgIpc) is 3.15. The van der Waals surface area contributed by atoms with Gasteiger partial charge in [-0.1, -0.05) is 54.6 Å². The van der Waals surface area contributed by atoms with Gasteiger partial charge in [-0.05, 0) is 30.0 Å². The van der Waals surface area contributed by atoms with Crippen LogP contribution in [0.4, 0.5) is 9.18 Å². The maximum absolute atomic E-state index is 13.9. The molecule has 3 aromatic rings. The van der Waals surface area contributed by atoms with E-state index in [4.69, 9.17) is 0 Å². The molecule has 5 heteroatoms. The predicted octanol–water partition coefficient (Wildman–Crippen LogP) is 5.04. The van der Waals surface area contributed by atoms with Crippen LogP contribution in [-0.4, -0.2) is 6.03 Å². The molecule has 3 rings (SSSR count). The van der Waals surface area contributed by atoms with Crippen LogP contribution >= 0.6 is 11.3 Å². The van der Waals surface area contributed by atoms with Gasteiger partial charge in [-0.2, -0.15) is 0 Å². The van der Waals surface area contributed by atoms with Crippen LogP contribution in [0, 0.1) is 5.82 Å². The van der Waals surface area contributed by atoms with E-state index in [1.165, 1.54) is 6.07 Å². The Morgan fingerprint density at radius 1 is 0.960 bits per heavy atom. The molecule has 128 valence electrons. The Bertz CT molecular complexity index is 821. The van der Waals surface area contributed by atoms with Gasteiger partial charge in [0.1, 0.15) is 5.82 Å². The van der Waals surface area contributed by atoms with E-state index in [1.54, 1.807) is 36.5 Å². The minimum Gasteiger partial charge on any atom is -0.332 e. The quantitative estimate of drug-likeness (QED) is 0.662. The van der Waals surface area contributed by atoms with Crippen molar-refractivity contribution < 1.29 is 9.18 Å². The largest absolute Gasteiger partial charge is 0.332 e. The molecule has 2 N–H and O–H groups in total. The number of hydrogen-bond acceptors (Lipinski definition) is 2. The van der Waals surface area contributed by atoms with Crippen molar-refractivity contribution in [3.63, 3.8) is 0 Å². The molecule has 2 amide bonds. The van der Waals surface area contributed by atoms with Crippen molar-refractivity contribution >= 4 is 17.4 Å². The molecule has 1 aromatic heterocycles. The van der Waals surface area contributed by atoms with Crippen LogP contribution in [0.3, 0.4) is 0 Å². The van der Waals surface area contributed by atoms with Gasteiger partial charge < -0.3 is 10.6 Å². The van der Waals surface area contributed by atoms with Crippen LogP contribution in [-0.2, 0) is 0 Å². The zero-order valence-corrected chi connectivity index (χ0v) is 14.6. The molecular formula is C20H19FN2OS. The number of carbonyl (C=O) groups excluding carboxylic acids is 1. The highest BCUT2D eigenvalue weighted by atomic mass is 32.1. The van der Waals surface area contributed by atoms with Gasteiger partial charge in [0, 0.05) is 10.4 Å². The summed E-state index contributed by atoms with van der Waals surface area (Å²) in [5.41, 5.74) is 1.46. The van der Waals surface area contributed by atoms with Crippen molar-refractivity contribution in [2.45, 2.75) is 19.0 Å². The summed E-state index contributed by atoms with van der Waals surface area (Å²) in [6.07, 6.45) is 0. The Labute approximate surface area is 150 Å². The fourth-order valence-corrected chi connectivity index (χ4v) is 3.50. The lowest BCUT2D eigenvalue weighted by Gasteiger charge is -2.21. The Hall–Kier alpha value is -2.66. The SMILES string of the molecule is C[C@@H](NC(=O)N[C@@H](c1ccccc1)c1cccs1)c1ccccc1F. The van der Waals surface area contributed by atoms with Crippen LogP contribution < -0.4 is 10.6 Å². The van der Waals surface area contributed by atoms with E-state index in [1.807, 2.05) is 47.8 Å². The first-order valence-corrected chi connectivity index (χ1v) is 8.93. The van der Waals surface area contributed by atoms with Crippen molar-refractivity contribution in [3.05, 3.63) is 93.9 Å². The van der Waals surface area contributed by atoms with Gasteiger partial charge in [-0.25, -0.2) is 9.18 Å². The highest BCUT2D eigenvalue weighted by Crippen LogP contribution is 2.26. The first-order chi connectivity index (χ1) is 12.1. The van der Waals surface area contributed by atoms with Gasteiger partial charge >= 0.3 is 6.03 Å². The molecule has 0 unspecified atom stereocenters. The maximum Gasteiger partial charge on any atom is 0.316 e. The third-order valence-corrected chi connectivity index (χ3v) is 4.89. The van der Waals surface area contributed by atoms with Crippen LogP contribution in [0.5, 0.6) is 0 Å². The molecule has 0 aliphatic carbocycles. The van der Waals surface area contributed by atoms with E-state index in [0.29, 0.717) is 5.56 Å². The number of benzene rings is 2. The van der Waals surface area contributed by atoms with E-state index in [0.717, 1.165) is 10.4 Å². The highest BCUT2D eigenvalue weighted by molar-refractivity contribution is 7.10. The minimum atomic E-state index is -0.430. The third kappa shape index (κ3) is 4.25.